The van der Waals surface area contributed by atoms with Crippen LogP contribution in [0.25, 0.3) is 21.8 Å². The Kier molecular flexibility index (Phi) is 4.40. The van der Waals surface area contributed by atoms with Gasteiger partial charge in [-0.3, -0.25) is 4.79 Å². The van der Waals surface area contributed by atoms with E-state index in [1.54, 1.807) is 18.3 Å². The Labute approximate surface area is 159 Å². The minimum Gasteiger partial charge on any atom is -0.346 e. The number of hydrogen-bond acceptors (Lipinski definition) is 4. The minimum absolute atomic E-state index is 0.239. The van der Waals surface area contributed by atoms with Gasteiger partial charge in [-0.05, 0) is 30.4 Å². The molecule has 0 bridgehead atoms. The summed E-state index contributed by atoms with van der Waals surface area (Å²) in [6.45, 7) is 0.598. The number of aromatic nitrogens is 3. The third-order valence-corrected chi connectivity index (χ3v) is 4.66. The van der Waals surface area contributed by atoms with Crippen molar-refractivity contribution >= 4 is 40.2 Å². The molecule has 27 heavy (non-hydrogen) atoms. The molecule has 0 unspecified atom stereocenters. The second kappa shape index (κ2) is 7.02. The molecule has 0 atom stereocenters. The SMILES string of the molecule is N#CCCn1cc(/C=N\n2c(=S)[nH]c3ccccc3c2=O)c2ccccc21. The van der Waals surface area contributed by atoms with Crippen molar-refractivity contribution in [3.63, 3.8) is 0 Å². The topological polar surface area (TPSA) is 78.9 Å². The number of rotatable bonds is 4. The van der Waals surface area contributed by atoms with Crippen LogP contribution < -0.4 is 5.56 Å². The molecule has 4 aromatic rings. The van der Waals surface area contributed by atoms with Gasteiger partial charge in [0, 0.05) is 29.2 Å². The lowest BCUT2D eigenvalue weighted by molar-refractivity contribution is 0.744. The first-order valence-electron chi connectivity index (χ1n) is 8.42. The van der Waals surface area contributed by atoms with Crippen molar-refractivity contribution in [1.82, 2.24) is 14.2 Å². The Morgan fingerprint density at radius 2 is 1.89 bits per heavy atom. The second-order valence-corrected chi connectivity index (χ2v) is 6.43. The summed E-state index contributed by atoms with van der Waals surface area (Å²) in [5, 5.41) is 14.7. The number of hydrogen-bond donors (Lipinski definition) is 1. The minimum atomic E-state index is -0.265. The van der Waals surface area contributed by atoms with E-state index in [9.17, 15) is 4.79 Å². The molecule has 0 aliphatic rings. The Hall–Kier alpha value is -3.50. The van der Waals surface area contributed by atoms with Crippen LogP contribution in [0.5, 0.6) is 0 Å². The number of para-hydroxylation sites is 2. The van der Waals surface area contributed by atoms with E-state index in [-0.39, 0.29) is 10.3 Å². The summed E-state index contributed by atoms with van der Waals surface area (Å²) in [7, 11) is 0. The molecule has 0 spiro atoms. The van der Waals surface area contributed by atoms with Gasteiger partial charge in [0.2, 0.25) is 4.77 Å². The smallest absolute Gasteiger partial charge is 0.282 e. The number of nitriles is 1. The van der Waals surface area contributed by atoms with Crippen LogP contribution in [0.3, 0.4) is 0 Å². The first kappa shape index (κ1) is 16.9. The normalized spacial score (nSPS) is 11.4. The van der Waals surface area contributed by atoms with Crippen LogP contribution in [-0.2, 0) is 6.54 Å². The maximum atomic E-state index is 12.7. The average molecular weight is 373 g/mol. The molecular weight excluding hydrogens is 358 g/mol. The molecule has 1 N–H and O–H groups in total. The summed E-state index contributed by atoms with van der Waals surface area (Å²) in [5.74, 6) is 0. The summed E-state index contributed by atoms with van der Waals surface area (Å²) < 4.78 is 3.45. The molecule has 2 aromatic carbocycles. The molecule has 0 aliphatic heterocycles. The second-order valence-electron chi connectivity index (χ2n) is 6.04. The maximum absolute atomic E-state index is 12.7. The van der Waals surface area contributed by atoms with Gasteiger partial charge in [-0.15, -0.1) is 0 Å². The molecule has 0 saturated carbocycles. The first-order chi connectivity index (χ1) is 13.2. The highest BCUT2D eigenvalue weighted by Gasteiger charge is 2.07. The molecule has 6 nitrogen and oxygen atoms in total. The van der Waals surface area contributed by atoms with E-state index in [0.29, 0.717) is 23.9 Å². The standard InChI is InChI=1S/C20H15N5OS/c21-10-5-11-24-13-14(15-6-2-4-9-18(15)24)12-22-25-19(26)16-7-1-3-8-17(16)23-20(25)27/h1-4,6-9,12-13H,5,11H2,(H,23,27)/b22-12-. The molecule has 2 heterocycles. The highest BCUT2D eigenvalue weighted by Crippen LogP contribution is 2.20. The summed E-state index contributed by atoms with van der Waals surface area (Å²) >= 11 is 5.29. The number of H-pyrrole nitrogens is 1. The number of nitrogens with zero attached hydrogens (tertiary/aromatic N) is 4. The van der Waals surface area contributed by atoms with E-state index in [1.165, 1.54) is 4.68 Å². The van der Waals surface area contributed by atoms with Crippen molar-refractivity contribution in [1.29, 1.82) is 5.26 Å². The average Bonchev–Trinajstić information content (AvgIpc) is 3.04. The van der Waals surface area contributed by atoms with E-state index in [0.717, 1.165) is 16.5 Å². The van der Waals surface area contributed by atoms with Crippen LogP contribution in [0, 0.1) is 16.1 Å². The quantitative estimate of drug-likeness (QED) is 0.436. The zero-order valence-corrected chi connectivity index (χ0v) is 15.1. The van der Waals surface area contributed by atoms with Gasteiger partial charge in [0.25, 0.3) is 5.56 Å². The zero-order valence-electron chi connectivity index (χ0n) is 14.3. The molecule has 0 aliphatic carbocycles. The molecule has 0 radical (unpaired) electrons. The van der Waals surface area contributed by atoms with Gasteiger partial charge in [-0.1, -0.05) is 30.3 Å². The predicted molar refractivity (Wildman–Crippen MR) is 109 cm³/mol. The summed E-state index contributed by atoms with van der Waals surface area (Å²) in [5.41, 5.74) is 2.30. The van der Waals surface area contributed by atoms with Crippen LogP contribution in [0.15, 0.2) is 64.6 Å². The van der Waals surface area contributed by atoms with Crippen molar-refractivity contribution in [2.45, 2.75) is 13.0 Å². The Balaban J connectivity index is 1.82. The third kappa shape index (κ3) is 3.07. The van der Waals surface area contributed by atoms with Gasteiger partial charge < -0.3 is 9.55 Å². The Morgan fingerprint density at radius 3 is 2.70 bits per heavy atom. The molecular formula is C20H15N5OS. The van der Waals surface area contributed by atoms with E-state index in [2.05, 4.69) is 16.2 Å². The first-order valence-corrected chi connectivity index (χ1v) is 8.83. The predicted octanol–water partition coefficient (Wildman–Crippen LogP) is 3.81. The van der Waals surface area contributed by atoms with Crippen LogP contribution in [-0.4, -0.2) is 20.4 Å². The summed E-state index contributed by atoms with van der Waals surface area (Å²) in [6.07, 6.45) is 3.99. The van der Waals surface area contributed by atoms with E-state index in [4.69, 9.17) is 17.5 Å². The number of nitrogens with one attached hydrogen (secondary N) is 1. The highest BCUT2D eigenvalue weighted by molar-refractivity contribution is 7.71. The van der Waals surface area contributed by atoms with Crippen molar-refractivity contribution in [2.75, 3.05) is 0 Å². The molecule has 0 amide bonds. The number of aryl methyl sites for hydroxylation is 1. The van der Waals surface area contributed by atoms with E-state index in [1.807, 2.05) is 47.2 Å². The van der Waals surface area contributed by atoms with Crippen LogP contribution in [0.2, 0.25) is 0 Å². The van der Waals surface area contributed by atoms with Gasteiger partial charge >= 0.3 is 0 Å². The van der Waals surface area contributed by atoms with Crippen molar-refractivity contribution < 1.29 is 0 Å². The molecule has 7 heteroatoms. The van der Waals surface area contributed by atoms with Crippen molar-refractivity contribution in [3.05, 3.63) is 75.4 Å². The lowest BCUT2D eigenvalue weighted by Crippen LogP contribution is -2.18. The number of aromatic amines is 1. The number of benzene rings is 2. The maximum Gasteiger partial charge on any atom is 0.282 e. The zero-order chi connectivity index (χ0) is 18.8. The van der Waals surface area contributed by atoms with Gasteiger partial charge in [-0.2, -0.15) is 15.0 Å². The molecule has 132 valence electrons. The van der Waals surface area contributed by atoms with Crippen molar-refractivity contribution in [2.24, 2.45) is 5.10 Å². The fraction of sp³-hybridized carbons (Fsp3) is 0.100. The van der Waals surface area contributed by atoms with Gasteiger partial charge in [0.05, 0.1) is 29.6 Å². The Morgan fingerprint density at radius 1 is 1.15 bits per heavy atom. The van der Waals surface area contributed by atoms with Crippen LogP contribution >= 0.6 is 12.2 Å². The van der Waals surface area contributed by atoms with Crippen LogP contribution in [0.1, 0.15) is 12.0 Å². The molecule has 0 fully saturated rings. The Bertz CT molecular complexity index is 1340. The summed E-state index contributed by atoms with van der Waals surface area (Å²) in [6, 6.07) is 17.2. The summed E-state index contributed by atoms with van der Waals surface area (Å²) in [4.78, 5) is 15.7. The van der Waals surface area contributed by atoms with Crippen LogP contribution in [0.4, 0.5) is 0 Å². The largest absolute Gasteiger partial charge is 0.346 e. The third-order valence-electron chi connectivity index (χ3n) is 4.38. The monoisotopic (exact) mass is 373 g/mol. The fourth-order valence-corrected chi connectivity index (χ4v) is 3.35. The van der Waals surface area contributed by atoms with E-state index < -0.39 is 0 Å². The molecule has 4 rings (SSSR count). The van der Waals surface area contributed by atoms with Crippen molar-refractivity contribution in [3.8, 4) is 6.07 Å². The number of fused-ring (bicyclic) bond motifs is 2. The van der Waals surface area contributed by atoms with Gasteiger partial charge in [0.15, 0.2) is 0 Å². The van der Waals surface area contributed by atoms with Gasteiger partial charge in [-0.25, -0.2) is 0 Å². The van der Waals surface area contributed by atoms with Gasteiger partial charge in [0.1, 0.15) is 0 Å². The van der Waals surface area contributed by atoms with E-state index >= 15 is 0 Å². The fourth-order valence-electron chi connectivity index (χ4n) is 3.11. The lowest BCUT2D eigenvalue weighted by atomic mass is 10.2. The molecule has 0 saturated heterocycles. The highest BCUT2D eigenvalue weighted by atomic mass is 32.1. The molecule has 2 aromatic heterocycles. The lowest BCUT2D eigenvalue weighted by Gasteiger charge is -2.02.